The summed E-state index contributed by atoms with van der Waals surface area (Å²) in [5.74, 6) is 0.00872. The van der Waals surface area contributed by atoms with Crippen molar-refractivity contribution in [2.24, 2.45) is 0 Å². The van der Waals surface area contributed by atoms with Gasteiger partial charge in [-0.25, -0.2) is 0 Å². The molecule has 1 aliphatic carbocycles. The molecule has 0 aromatic carbocycles. The van der Waals surface area contributed by atoms with E-state index in [1.807, 2.05) is 29.2 Å². The van der Waals surface area contributed by atoms with E-state index < -0.39 is 0 Å². The Hall–Kier alpha value is -2.47. The molecule has 1 saturated carbocycles. The van der Waals surface area contributed by atoms with E-state index in [9.17, 15) is 4.79 Å². The van der Waals surface area contributed by atoms with Crippen LogP contribution in [0.25, 0.3) is 0 Å². The first kappa shape index (κ1) is 16.0. The maximum absolute atomic E-state index is 13.1. The van der Waals surface area contributed by atoms with E-state index in [2.05, 4.69) is 14.9 Å². The number of ether oxygens (including phenoxy) is 1. The quantitative estimate of drug-likeness (QED) is 0.836. The second-order valence-electron chi connectivity index (χ2n) is 6.52. The first-order valence-corrected chi connectivity index (χ1v) is 8.80. The fourth-order valence-corrected chi connectivity index (χ4v) is 3.14. The molecule has 2 fully saturated rings. The van der Waals surface area contributed by atoms with Gasteiger partial charge in [0.2, 0.25) is 0 Å². The average Bonchev–Trinajstić information content (AvgIpc) is 3.52. The van der Waals surface area contributed by atoms with Crippen molar-refractivity contribution in [3.8, 4) is 0 Å². The molecule has 130 valence electrons. The van der Waals surface area contributed by atoms with Gasteiger partial charge in [-0.3, -0.25) is 14.8 Å². The molecular formula is C19H22N4O2. The van der Waals surface area contributed by atoms with E-state index in [0.29, 0.717) is 18.3 Å². The normalized spacial score (nSPS) is 17.4. The fraction of sp³-hybridized carbons (Fsp3) is 0.421. The summed E-state index contributed by atoms with van der Waals surface area (Å²) in [6, 6.07) is 8.12. The Morgan fingerprint density at radius 2 is 1.92 bits per heavy atom. The van der Waals surface area contributed by atoms with Crippen molar-refractivity contribution in [2.75, 3.05) is 31.2 Å². The number of anilines is 1. The number of nitrogens with zero attached hydrogens (tertiary/aromatic N) is 4. The summed E-state index contributed by atoms with van der Waals surface area (Å²) >= 11 is 0. The SMILES string of the molecule is O=C(c1cc(N2CCOCC2)ccn1)N(Cc1ccncc1)C1CC1. The van der Waals surface area contributed by atoms with Gasteiger partial charge in [0.1, 0.15) is 5.69 Å². The first-order valence-electron chi connectivity index (χ1n) is 8.80. The molecule has 6 nitrogen and oxygen atoms in total. The zero-order valence-corrected chi connectivity index (χ0v) is 14.2. The molecule has 25 heavy (non-hydrogen) atoms. The lowest BCUT2D eigenvalue weighted by Crippen LogP contribution is -2.37. The van der Waals surface area contributed by atoms with Gasteiger partial charge in [-0.2, -0.15) is 0 Å². The Balaban J connectivity index is 1.53. The van der Waals surface area contributed by atoms with Crippen LogP contribution in [0.1, 0.15) is 28.9 Å². The topological polar surface area (TPSA) is 58.6 Å². The lowest BCUT2D eigenvalue weighted by molar-refractivity contribution is 0.0724. The third-order valence-corrected chi connectivity index (χ3v) is 4.69. The van der Waals surface area contributed by atoms with Gasteiger partial charge >= 0.3 is 0 Å². The Morgan fingerprint density at radius 3 is 2.64 bits per heavy atom. The van der Waals surface area contributed by atoms with Gasteiger partial charge < -0.3 is 14.5 Å². The van der Waals surface area contributed by atoms with Crippen LogP contribution in [0, 0.1) is 0 Å². The lowest BCUT2D eigenvalue weighted by atomic mass is 10.2. The summed E-state index contributed by atoms with van der Waals surface area (Å²) < 4.78 is 5.41. The molecule has 1 aliphatic heterocycles. The van der Waals surface area contributed by atoms with E-state index in [1.165, 1.54) is 0 Å². The van der Waals surface area contributed by atoms with E-state index in [0.717, 1.165) is 50.4 Å². The Bertz CT molecular complexity index is 727. The predicted molar refractivity (Wildman–Crippen MR) is 94.4 cm³/mol. The van der Waals surface area contributed by atoms with Crippen LogP contribution in [0.5, 0.6) is 0 Å². The molecule has 6 heteroatoms. The summed E-state index contributed by atoms with van der Waals surface area (Å²) in [6.07, 6.45) is 7.40. The molecule has 1 saturated heterocycles. The van der Waals surface area contributed by atoms with Gasteiger partial charge in [0.25, 0.3) is 5.91 Å². The summed E-state index contributed by atoms with van der Waals surface area (Å²) in [5, 5.41) is 0. The molecule has 1 amide bonds. The van der Waals surface area contributed by atoms with Crippen LogP contribution < -0.4 is 4.90 Å². The number of carbonyl (C=O) groups excluding carboxylic acids is 1. The highest BCUT2D eigenvalue weighted by atomic mass is 16.5. The highest BCUT2D eigenvalue weighted by Crippen LogP contribution is 2.30. The number of hydrogen-bond acceptors (Lipinski definition) is 5. The van der Waals surface area contributed by atoms with Crippen LogP contribution in [0.2, 0.25) is 0 Å². The molecule has 0 atom stereocenters. The molecule has 0 N–H and O–H groups in total. The van der Waals surface area contributed by atoms with E-state index in [4.69, 9.17) is 4.74 Å². The fourth-order valence-electron chi connectivity index (χ4n) is 3.14. The molecule has 2 aliphatic rings. The second kappa shape index (κ2) is 7.19. The molecule has 4 rings (SSSR count). The zero-order chi connectivity index (χ0) is 17.1. The van der Waals surface area contributed by atoms with Gasteiger partial charge in [-0.05, 0) is 42.7 Å². The maximum Gasteiger partial charge on any atom is 0.273 e. The molecule has 0 bridgehead atoms. The summed E-state index contributed by atoms with van der Waals surface area (Å²) in [5.41, 5.74) is 2.66. The largest absolute Gasteiger partial charge is 0.378 e. The van der Waals surface area contributed by atoms with Crippen molar-refractivity contribution in [3.63, 3.8) is 0 Å². The van der Waals surface area contributed by atoms with Crippen LogP contribution in [0.3, 0.4) is 0 Å². The lowest BCUT2D eigenvalue weighted by Gasteiger charge is -2.29. The summed E-state index contributed by atoms with van der Waals surface area (Å²) in [4.78, 5) is 25.7. The van der Waals surface area contributed by atoms with Crippen molar-refractivity contribution >= 4 is 11.6 Å². The van der Waals surface area contributed by atoms with Crippen LogP contribution in [0.4, 0.5) is 5.69 Å². The Morgan fingerprint density at radius 1 is 1.16 bits per heavy atom. The standard InChI is InChI=1S/C19H22N4O2/c24-19(23(16-1-2-16)14-15-3-6-20-7-4-15)18-13-17(5-8-21-18)22-9-11-25-12-10-22/h3-8,13,16H,1-2,9-12,14H2. The third-order valence-electron chi connectivity index (χ3n) is 4.69. The highest BCUT2D eigenvalue weighted by Gasteiger charge is 2.33. The van der Waals surface area contributed by atoms with Gasteiger partial charge in [-0.1, -0.05) is 0 Å². The monoisotopic (exact) mass is 338 g/mol. The molecule has 0 unspecified atom stereocenters. The number of morpholine rings is 1. The predicted octanol–water partition coefficient (Wildman–Crippen LogP) is 2.12. The van der Waals surface area contributed by atoms with Gasteiger partial charge in [0.05, 0.1) is 13.2 Å². The summed E-state index contributed by atoms with van der Waals surface area (Å²) in [7, 11) is 0. The van der Waals surface area contributed by atoms with E-state index in [-0.39, 0.29) is 5.91 Å². The number of rotatable bonds is 5. The van der Waals surface area contributed by atoms with Crippen LogP contribution in [-0.2, 0) is 11.3 Å². The molecular weight excluding hydrogens is 316 g/mol. The van der Waals surface area contributed by atoms with E-state index >= 15 is 0 Å². The minimum Gasteiger partial charge on any atom is -0.378 e. The zero-order valence-electron chi connectivity index (χ0n) is 14.2. The molecule has 0 radical (unpaired) electrons. The van der Waals surface area contributed by atoms with Crippen molar-refractivity contribution in [1.82, 2.24) is 14.9 Å². The van der Waals surface area contributed by atoms with Gasteiger partial charge in [0, 0.05) is 50.0 Å². The smallest absolute Gasteiger partial charge is 0.273 e. The highest BCUT2D eigenvalue weighted by molar-refractivity contribution is 5.93. The van der Waals surface area contributed by atoms with Crippen molar-refractivity contribution in [2.45, 2.75) is 25.4 Å². The van der Waals surface area contributed by atoms with Gasteiger partial charge in [0.15, 0.2) is 0 Å². The Labute approximate surface area is 147 Å². The minimum atomic E-state index is 0.00872. The molecule has 0 spiro atoms. The van der Waals surface area contributed by atoms with Gasteiger partial charge in [-0.15, -0.1) is 0 Å². The Kier molecular flexibility index (Phi) is 4.61. The average molecular weight is 338 g/mol. The van der Waals surface area contributed by atoms with Crippen molar-refractivity contribution < 1.29 is 9.53 Å². The number of amides is 1. The van der Waals surface area contributed by atoms with E-state index in [1.54, 1.807) is 18.6 Å². The first-order chi connectivity index (χ1) is 12.3. The molecule has 2 aromatic heterocycles. The second-order valence-corrected chi connectivity index (χ2v) is 6.52. The van der Waals surface area contributed by atoms with Crippen LogP contribution in [0.15, 0.2) is 42.9 Å². The van der Waals surface area contributed by atoms with Crippen molar-refractivity contribution in [3.05, 3.63) is 54.1 Å². The maximum atomic E-state index is 13.1. The number of aromatic nitrogens is 2. The number of pyridine rings is 2. The number of hydrogen-bond donors (Lipinski definition) is 0. The van der Waals surface area contributed by atoms with Crippen LogP contribution in [-0.4, -0.2) is 53.1 Å². The third kappa shape index (κ3) is 3.79. The van der Waals surface area contributed by atoms with Crippen molar-refractivity contribution in [1.29, 1.82) is 0 Å². The summed E-state index contributed by atoms with van der Waals surface area (Å²) in [6.45, 7) is 3.75. The van der Waals surface area contributed by atoms with Crippen LogP contribution >= 0.6 is 0 Å². The number of carbonyl (C=O) groups is 1. The molecule has 2 aromatic rings. The minimum absolute atomic E-state index is 0.00872. The molecule has 3 heterocycles.